The molecule has 1 aromatic carbocycles. The van der Waals surface area contributed by atoms with Crippen LogP contribution in [-0.2, 0) is 6.54 Å². The molecule has 1 aliphatic rings. The van der Waals surface area contributed by atoms with E-state index in [-0.39, 0.29) is 24.0 Å². The minimum absolute atomic E-state index is 0. The summed E-state index contributed by atoms with van der Waals surface area (Å²) >= 11 is 0. The van der Waals surface area contributed by atoms with Gasteiger partial charge in [0.1, 0.15) is 0 Å². The first-order valence-corrected chi connectivity index (χ1v) is 8.50. The highest BCUT2D eigenvalue weighted by Crippen LogP contribution is 2.08. The summed E-state index contributed by atoms with van der Waals surface area (Å²) < 4.78 is 0. The number of benzene rings is 1. The molecule has 1 aromatic rings. The molecule has 0 unspecified atom stereocenters. The van der Waals surface area contributed by atoms with Gasteiger partial charge in [0.2, 0.25) is 0 Å². The van der Waals surface area contributed by atoms with Gasteiger partial charge in [-0.2, -0.15) is 0 Å². The zero-order valence-corrected chi connectivity index (χ0v) is 16.8. The van der Waals surface area contributed by atoms with Crippen molar-refractivity contribution in [2.45, 2.75) is 39.2 Å². The van der Waals surface area contributed by atoms with Crippen LogP contribution in [0.3, 0.4) is 0 Å². The van der Waals surface area contributed by atoms with Crippen molar-refractivity contribution in [1.82, 2.24) is 15.5 Å². The lowest BCUT2D eigenvalue weighted by Gasteiger charge is -2.20. The van der Waals surface area contributed by atoms with Crippen molar-refractivity contribution in [3.8, 4) is 0 Å². The average molecular weight is 430 g/mol. The number of likely N-dealkylation sites (tertiary alicyclic amines) is 1. The molecule has 2 rings (SSSR count). The summed E-state index contributed by atoms with van der Waals surface area (Å²) in [4.78, 5) is 6.87. The number of halogens is 1. The van der Waals surface area contributed by atoms with E-state index in [1.54, 1.807) is 0 Å². The Morgan fingerprint density at radius 2 is 1.87 bits per heavy atom. The van der Waals surface area contributed by atoms with E-state index in [4.69, 9.17) is 0 Å². The zero-order chi connectivity index (χ0) is 15.6. The molecule has 0 bridgehead atoms. The molecule has 1 aliphatic heterocycles. The standard InChI is InChI=1S/C18H30N4.HI/c1-16-8-7-9-17(14-16)15-21-18(19-2)20-10-13-22-11-5-3-4-6-12-22;/h7-9,14H,3-6,10-13,15H2,1-2H3,(H2,19,20,21);1H. The molecular weight excluding hydrogens is 399 g/mol. The van der Waals surface area contributed by atoms with Gasteiger partial charge in [-0.05, 0) is 38.4 Å². The van der Waals surface area contributed by atoms with Gasteiger partial charge < -0.3 is 15.5 Å². The van der Waals surface area contributed by atoms with Crippen molar-refractivity contribution in [2.24, 2.45) is 4.99 Å². The van der Waals surface area contributed by atoms with E-state index >= 15 is 0 Å². The highest BCUT2D eigenvalue weighted by molar-refractivity contribution is 14.0. The lowest BCUT2D eigenvalue weighted by atomic mass is 10.1. The molecular formula is C18H31IN4. The Hall–Kier alpha value is -0.820. The first-order chi connectivity index (χ1) is 10.8. The van der Waals surface area contributed by atoms with Gasteiger partial charge in [0.15, 0.2) is 5.96 Å². The largest absolute Gasteiger partial charge is 0.355 e. The summed E-state index contributed by atoms with van der Waals surface area (Å²) in [6.45, 7) is 7.48. The minimum atomic E-state index is 0. The Kier molecular flexibility index (Phi) is 10.3. The molecule has 0 radical (unpaired) electrons. The van der Waals surface area contributed by atoms with Gasteiger partial charge in [-0.3, -0.25) is 4.99 Å². The number of hydrogen-bond acceptors (Lipinski definition) is 2. The Morgan fingerprint density at radius 3 is 2.52 bits per heavy atom. The fourth-order valence-corrected chi connectivity index (χ4v) is 2.92. The molecule has 130 valence electrons. The Balaban J connectivity index is 0.00000264. The van der Waals surface area contributed by atoms with Crippen LogP contribution in [-0.4, -0.2) is 44.1 Å². The number of nitrogens with one attached hydrogen (secondary N) is 2. The molecule has 0 saturated carbocycles. The fraction of sp³-hybridized carbons (Fsp3) is 0.611. The second-order valence-electron chi connectivity index (χ2n) is 6.10. The molecule has 0 aliphatic carbocycles. The molecule has 0 atom stereocenters. The lowest BCUT2D eigenvalue weighted by Crippen LogP contribution is -2.41. The third-order valence-corrected chi connectivity index (χ3v) is 4.19. The Bertz CT molecular complexity index is 468. The highest BCUT2D eigenvalue weighted by atomic mass is 127. The van der Waals surface area contributed by atoms with Gasteiger partial charge in [-0.15, -0.1) is 24.0 Å². The van der Waals surface area contributed by atoms with Crippen molar-refractivity contribution in [3.63, 3.8) is 0 Å². The van der Waals surface area contributed by atoms with Crippen molar-refractivity contribution in [1.29, 1.82) is 0 Å². The van der Waals surface area contributed by atoms with Crippen molar-refractivity contribution in [3.05, 3.63) is 35.4 Å². The summed E-state index contributed by atoms with van der Waals surface area (Å²) in [7, 11) is 1.83. The second-order valence-corrected chi connectivity index (χ2v) is 6.10. The van der Waals surface area contributed by atoms with Crippen LogP contribution < -0.4 is 10.6 Å². The Labute approximate surface area is 158 Å². The van der Waals surface area contributed by atoms with E-state index in [2.05, 4.69) is 51.7 Å². The summed E-state index contributed by atoms with van der Waals surface area (Å²) in [5.41, 5.74) is 2.58. The maximum atomic E-state index is 4.30. The molecule has 4 nitrogen and oxygen atoms in total. The maximum Gasteiger partial charge on any atom is 0.191 e. The smallest absolute Gasteiger partial charge is 0.191 e. The van der Waals surface area contributed by atoms with Gasteiger partial charge in [0.05, 0.1) is 0 Å². The van der Waals surface area contributed by atoms with Crippen LogP contribution >= 0.6 is 24.0 Å². The second kappa shape index (κ2) is 11.7. The van der Waals surface area contributed by atoms with E-state index in [1.807, 2.05) is 7.05 Å². The van der Waals surface area contributed by atoms with Crippen molar-refractivity contribution < 1.29 is 0 Å². The summed E-state index contributed by atoms with van der Waals surface area (Å²) in [6.07, 6.45) is 5.48. The highest BCUT2D eigenvalue weighted by Gasteiger charge is 2.08. The number of guanidine groups is 1. The molecule has 0 spiro atoms. The topological polar surface area (TPSA) is 39.7 Å². The van der Waals surface area contributed by atoms with E-state index in [0.717, 1.165) is 25.6 Å². The van der Waals surface area contributed by atoms with Gasteiger partial charge in [0, 0.05) is 26.7 Å². The molecule has 0 amide bonds. The SMILES string of the molecule is CN=C(NCCN1CCCCCC1)NCc1cccc(C)c1.I. The number of hydrogen-bond donors (Lipinski definition) is 2. The molecule has 2 N–H and O–H groups in total. The predicted molar refractivity (Wildman–Crippen MR) is 110 cm³/mol. The monoisotopic (exact) mass is 430 g/mol. The van der Waals surface area contributed by atoms with Gasteiger partial charge in [0.25, 0.3) is 0 Å². The maximum absolute atomic E-state index is 4.30. The van der Waals surface area contributed by atoms with Crippen molar-refractivity contribution in [2.75, 3.05) is 33.2 Å². The van der Waals surface area contributed by atoms with E-state index in [0.29, 0.717) is 0 Å². The first-order valence-electron chi connectivity index (χ1n) is 8.50. The normalized spacial score (nSPS) is 16.3. The number of rotatable bonds is 5. The fourth-order valence-electron chi connectivity index (χ4n) is 2.92. The summed E-state index contributed by atoms with van der Waals surface area (Å²) in [5, 5.41) is 6.80. The quantitative estimate of drug-likeness (QED) is 0.429. The number of aryl methyl sites for hydroxylation is 1. The van der Waals surface area contributed by atoms with Gasteiger partial charge in [-0.1, -0.05) is 42.7 Å². The first kappa shape index (κ1) is 20.2. The van der Waals surface area contributed by atoms with E-state index in [1.165, 1.54) is 49.9 Å². The molecule has 1 saturated heterocycles. The number of nitrogens with zero attached hydrogens (tertiary/aromatic N) is 2. The zero-order valence-electron chi connectivity index (χ0n) is 14.5. The van der Waals surface area contributed by atoms with Crippen LogP contribution in [0.25, 0.3) is 0 Å². The third-order valence-electron chi connectivity index (χ3n) is 4.19. The van der Waals surface area contributed by atoms with Crippen LogP contribution in [0.5, 0.6) is 0 Å². The Morgan fingerprint density at radius 1 is 1.13 bits per heavy atom. The third kappa shape index (κ3) is 8.01. The predicted octanol–water partition coefficient (Wildman–Crippen LogP) is 3.15. The van der Waals surface area contributed by atoms with Crippen LogP contribution in [0.15, 0.2) is 29.3 Å². The van der Waals surface area contributed by atoms with E-state index < -0.39 is 0 Å². The molecule has 1 fully saturated rings. The average Bonchev–Trinajstić information content (AvgIpc) is 2.79. The summed E-state index contributed by atoms with van der Waals surface area (Å²) in [6, 6.07) is 8.57. The van der Waals surface area contributed by atoms with Gasteiger partial charge in [-0.25, -0.2) is 0 Å². The van der Waals surface area contributed by atoms with Crippen LogP contribution in [0.4, 0.5) is 0 Å². The van der Waals surface area contributed by atoms with Crippen LogP contribution in [0.2, 0.25) is 0 Å². The minimum Gasteiger partial charge on any atom is -0.355 e. The molecule has 5 heteroatoms. The molecule has 23 heavy (non-hydrogen) atoms. The van der Waals surface area contributed by atoms with E-state index in [9.17, 15) is 0 Å². The van der Waals surface area contributed by atoms with Gasteiger partial charge >= 0.3 is 0 Å². The summed E-state index contributed by atoms with van der Waals surface area (Å²) in [5.74, 6) is 0.885. The van der Waals surface area contributed by atoms with Crippen molar-refractivity contribution >= 4 is 29.9 Å². The molecule has 0 aromatic heterocycles. The molecule has 1 heterocycles. The number of aliphatic imine (C=N–C) groups is 1. The lowest BCUT2D eigenvalue weighted by molar-refractivity contribution is 0.289. The van der Waals surface area contributed by atoms with Crippen LogP contribution in [0, 0.1) is 6.92 Å². The van der Waals surface area contributed by atoms with Crippen LogP contribution in [0.1, 0.15) is 36.8 Å².